The van der Waals surface area contributed by atoms with Crippen LogP contribution in [-0.2, 0) is 0 Å². The number of nitrogens with one attached hydrogen (secondary N) is 1. The number of hydrogen-bond acceptors (Lipinski definition) is 5. The van der Waals surface area contributed by atoms with Crippen molar-refractivity contribution in [1.29, 1.82) is 10.5 Å². The van der Waals surface area contributed by atoms with Crippen LogP contribution in [0.1, 0.15) is 0 Å². The Morgan fingerprint density at radius 3 is 2.50 bits per heavy atom. The molecular formula is C10H5F3N4O. The molecule has 0 atom stereocenters. The van der Waals surface area contributed by atoms with E-state index >= 15 is 0 Å². The highest BCUT2D eigenvalue weighted by Crippen LogP contribution is 2.21. The molecule has 92 valence electrons. The van der Waals surface area contributed by atoms with Gasteiger partial charge in [-0.2, -0.15) is 24.4 Å². The molecule has 0 aliphatic rings. The number of hydrogen-bond donors (Lipinski definition) is 1. The molecule has 5 nitrogen and oxygen atoms in total. The highest BCUT2D eigenvalue weighted by Gasteiger charge is 2.07. The predicted molar refractivity (Wildman–Crippen MR) is 55.3 cm³/mol. The van der Waals surface area contributed by atoms with Gasteiger partial charge in [0.1, 0.15) is 23.7 Å². The van der Waals surface area contributed by atoms with Gasteiger partial charge in [-0.3, -0.25) is 5.43 Å². The lowest BCUT2D eigenvalue weighted by atomic mass is 10.3. The van der Waals surface area contributed by atoms with E-state index in [9.17, 15) is 13.2 Å². The van der Waals surface area contributed by atoms with E-state index in [1.165, 1.54) is 12.1 Å². The lowest BCUT2D eigenvalue weighted by Gasteiger charge is -2.06. The molecule has 0 aromatic heterocycles. The van der Waals surface area contributed by atoms with Crippen molar-refractivity contribution in [3.63, 3.8) is 0 Å². The Morgan fingerprint density at radius 2 is 1.94 bits per heavy atom. The molecule has 0 radical (unpaired) electrons. The lowest BCUT2D eigenvalue weighted by Crippen LogP contribution is -2.03. The average Bonchev–Trinajstić information content (AvgIpc) is 2.28. The largest absolute Gasteiger partial charge is 0.435 e. The van der Waals surface area contributed by atoms with Gasteiger partial charge in [-0.25, -0.2) is 4.39 Å². The number of alkyl halides is 2. The first kappa shape index (κ1) is 13.3. The first-order valence-electron chi connectivity index (χ1n) is 4.44. The van der Waals surface area contributed by atoms with Gasteiger partial charge in [0.05, 0.1) is 5.69 Å². The summed E-state index contributed by atoms with van der Waals surface area (Å²) < 4.78 is 40.9. The summed E-state index contributed by atoms with van der Waals surface area (Å²) in [6.07, 6.45) is 0. The zero-order chi connectivity index (χ0) is 13.5. The summed E-state index contributed by atoms with van der Waals surface area (Å²) in [6, 6.07) is 5.68. The fraction of sp³-hybridized carbons (Fsp3) is 0.100. The average molecular weight is 254 g/mol. The van der Waals surface area contributed by atoms with Gasteiger partial charge < -0.3 is 4.74 Å². The van der Waals surface area contributed by atoms with Gasteiger partial charge in [-0.05, 0) is 6.07 Å². The maximum absolute atomic E-state index is 13.0. The predicted octanol–water partition coefficient (Wildman–Crippen LogP) is 2.24. The van der Waals surface area contributed by atoms with Gasteiger partial charge in [-0.1, -0.05) is 0 Å². The minimum absolute atomic E-state index is 0.0337. The summed E-state index contributed by atoms with van der Waals surface area (Å²) >= 11 is 0. The van der Waals surface area contributed by atoms with Crippen molar-refractivity contribution < 1.29 is 17.9 Å². The summed E-state index contributed by atoms with van der Waals surface area (Å²) in [7, 11) is 0. The van der Waals surface area contributed by atoms with E-state index in [1.54, 1.807) is 0 Å². The molecule has 0 fully saturated rings. The Morgan fingerprint density at radius 1 is 1.28 bits per heavy atom. The van der Waals surface area contributed by atoms with Crippen LogP contribution in [0.2, 0.25) is 0 Å². The molecule has 0 aliphatic carbocycles. The van der Waals surface area contributed by atoms with Crippen LogP contribution in [0.5, 0.6) is 5.75 Å². The maximum Gasteiger partial charge on any atom is 0.387 e. The molecule has 0 amide bonds. The standard InChI is InChI=1S/C10H5F3N4O/c11-6-1-7(16-17-8(4-14)5-15)3-9(2-6)18-10(12)13/h1-3,10,16H. The molecule has 0 unspecified atom stereocenters. The zero-order valence-corrected chi connectivity index (χ0v) is 8.69. The maximum atomic E-state index is 13.0. The molecule has 1 rings (SSSR count). The van der Waals surface area contributed by atoms with Gasteiger partial charge in [0.15, 0.2) is 0 Å². The lowest BCUT2D eigenvalue weighted by molar-refractivity contribution is -0.0499. The first-order valence-corrected chi connectivity index (χ1v) is 4.44. The molecule has 1 aromatic rings. The second-order valence-corrected chi connectivity index (χ2v) is 2.85. The molecule has 0 heterocycles. The van der Waals surface area contributed by atoms with Crippen molar-refractivity contribution in [3.8, 4) is 17.9 Å². The highest BCUT2D eigenvalue weighted by atomic mass is 19.3. The molecule has 0 aliphatic heterocycles. The van der Waals surface area contributed by atoms with Crippen LogP contribution >= 0.6 is 0 Å². The van der Waals surface area contributed by atoms with Crippen LogP contribution in [-0.4, -0.2) is 12.3 Å². The summed E-state index contributed by atoms with van der Waals surface area (Å²) in [5.41, 5.74) is 1.66. The fourth-order valence-corrected chi connectivity index (χ4v) is 0.994. The van der Waals surface area contributed by atoms with Crippen molar-refractivity contribution in [1.82, 2.24) is 0 Å². The molecule has 18 heavy (non-hydrogen) atoms. The van der Waals surface area contributed by atoms with Crippen LogP contribution in [0.4, 0.5) is 18.9 Å². The normalized spacial score (nSPS) is 9.22. The highest BCUT2D eigenvalue weighted by molar-refractivity contribution is 6.10. The van der Waals surface area contributed by atoms with Crippen molar-refractivity contribution >= 4 is 11.4 Å². The number of ether oxygens (including phenoxy) is 1. The third-order valence-electron chi connectivity index (χ3n) is 1.61. The van der Waals surface area contributed by atoms with Gasteiger partial charge in [0.2, 0.25) is 5.71 Å². The zero-order valence-electron chi connectivity index (χ0n) is 8.69. The first-order chi connectivity index (χ1) is 8.55. The molecule has 0 bridgehead atoms. The van der Waals surface area contributed by atoms with Crippen LogP contribution in [0.3, 0.4) is 0 Å². The van der Waals surface area contributed by atoms with Gasteiger partial charge in [0, 0.05) is 12.1 Å². The van der Waals surface area contributed by atoms with Crippen molar-refractivity contribution in [2.24, 2.45) is 5.10 Å². The van der Waals surface area contributed by atoms with Crippen LogP contribution in [0.25, 0.3) is 0 Å². The molecule has 1 aromatic carbocycles. The Kier molecular flexibility index (Phi) is 4.52. The Balaban J connectivity index is 2.91. The number of nitrogens with zero attached hydrogens (tertiary/aromatic N) is 3. The van der Waals surface area contributed by atoms with Gasteiger partial charge in [0.25, 0.3) is 0 Å². The third kappa shape index (κ3) is 4.02. The summed E-state index contributed by atoms with van der Waals surface area (Å²) in [5.74, 6) is -1.24. The smallest absolute Gasteiger partial charge is 0.387 e. The minimum atomic E-state index is -3.09. The summed E-state index contributed by atoms with van der Waals surface area (Å²) in [5, 5.41) is 20.1. The van der Waals surface area contributed by atoms with Gasteiger partial charge in [-0.15, -0.1) is 0 Å². The molecule has 8 heteroatoms. The van der Waals surface area contributed by atoms with Crippen molar-refractivity contribution in [2.75, 3.05) is 5.43 Å². The topological polar surface area (TPSA) is 81.2 Å². The van der Waals surface area contributed by atoms with E-state index in [0.717, 1.165) is 18.2 Å². The van der Waals surface area contributed by atoms with E-state index in [1.807, 2.05) is 0 Å². The summed E-state index contributed by atoms with van der Waals surface area (Å²) in [6.45, 7) is -3.09. The van der Waals surface area contributed by atoms with E-state index in [2.05, 4.69) is 15.3 Å². The van der Waals surface area contributed by atoms with Crippen molar-refractivity contribution in [2.45, 2.75) is 6.61 Å². The number of nitriles is 2. The number of halogens is 3. The van der Waals surface area contributed by atoms with Crippen LogP contribution < -0.4 is 10.2 Å². The van der Waals surface area contributed by atoms with Gasteiger partial charge >= 0.3 is 6.61 Å². The quantitative estimate of drug-likeness (QED) is 0.659. The minimum Gasteiger partial charge on any atom is -0.435 e. The Labute approximate surface area is 99.7 Å². The fourth-order valence-electron chi connectivity index (χ4n) is 0.994. The number of hydrazone groups is 1. The molecule has 0 spiro atoms. The van der Waals surface area contributed by atoms with Crippen LogP contribution in [0, 0.1) is 28.5 Å². The van der Waals surface area contributed by atoms with Crippen LogP contribution in [0.15, 0.2) is 23.3 Å². The second kappa shape index (κ2) is 6.11. The Hall–Kier alpha value is -2.74. The van der Waals surface area contributed by atoms with E-state index in [-0.39, 0.29) is 5.69 Å². The molecule has 0 saturated heterocycles. The van der Waals surface area contributed by atoms with E-state index < -0.39 is 23.9 Å². The van der Waals surface area contributed by atoms with E-state index in [0.29, 0.717) is 0 Å². The third-order valence-corrected chi connectivity index (χ3v) is 1.61. The monoisotopic (exact) mass is 254 g/mol. The van der Waals surface area contributed by atoms with E-state index in [4.69, 9.17) is 10.5 Å². The number of anilines is 1. The SMILES string of the molecule is N#CC(C#N)=NNc1cc(F)cc(OC(F)F)c1. The summed E-state index contributed by atoms with van der Waals surface area (Å²) in [4.78, 5) is 0. The number of benzene rings is 1. The molecule has 1 N–H and O–H groups in total. The Bertz CT molecular complexity index is 529. The molecular weight excluding hydrogens is 249 g/mol. The molecule has 0 saturated carbocycles. The van der Waals surface area contributed by atoms with Crippen molar-refractivity contribution in [3.05, 3.63) is 24.0 Å². The number of rotatable bonds is 4. The second-order valence-electron chi connectivity index (χ2n) is 2.85.